The molecule has 4 heteroatoms. The van der Waals surface area contributed by atoms with Crippen LogP contribution < -0.4 is 4.74 Å². The van der Waals surface area contributed by atoms with Crippen LogP contribution in [0.5, 0.6) is 11.5 Å². The number of aliphatic imine (C=N–C) groups is 1. The van der Waals surface area contributed by atoms with Crippen molar-refractivity contribution in [2.75, 3.05) is 6.61 Å². The third-order valence-corrected chi connectivity index (χ3v) is 3.36. The number of rotatable bonds is 5. The fraction of sp³-hybridized carbons (Fsp3) is 0.118. The van der Waals surface area contributed by atoms with E-state index in [0.717, 1.165) is 11.3 Å². The lowest BCUT2D eigenvalue weighted by atomic mass is 10.2. The van der Waals surface area contributed by atoms with Gasteiger partial charge in [-0.2, -0.15) is 0 Å². The zero-order valence-electron chi connectivity index (χ0n) is 11.7. The molecule has 0 aliphatic heterocycles. The van der Waals surface area contributed by atoms with Crippen LogP contribution in [0.1, 0.15) is 11.1 Å². The molecule has 21 heavy (non-hydrogen) atoms. The average Bonchev–Trinajstić information content (AvgIpc) is 2.48. The second kappa shape index (κ2) is 6.95. The first-order valence-corrected chi connectivity index (χ1v) is 6.85. The van der Waals surface area contributed by atoms with Gasteiger partial charge in [0.2, 0.25) is 0 Å². The fourth-order valence-corrected chi connectivity index (χ4v) is 1.92. The summed E-state index contributed by atoms with van der Waals surface area (Å²) in [5, 5.41) is 10.6. The van der Waals surface area contributed by atoms with Crippen LogP contribution in [0.3, 0.4) is 0 Å². The predicted molar refractivity (Wildman–Crippen MR) is 87.2 cm³/mol. The van der Waals surface area contributed by atoms with Gasteiger partial charge in [-0.1, -0.05) is 30.3 Å². The van der Waals surface area contributed by atoms with Crippen molar-refractivity contribution in [2.45, 2.75) is 6.92 Å². The van der Waals surface area contributed by atoms with Gasteiger partial charge in [-0.25, -0.2) is 0 Å². The van der Waals surface area contributed by atoms with Crippen molar-refractivity contribution in [3.63, 3.8) is 0 Å². The minimum Gasteiger partial charge on any atom is -0.507 e. The Bertz CT molecular complexity index is 680. The maximum Gasteiger partial charge on any atom is 0.128 e. The largest absolute Gasteiger partial charge is 0.507 e. The Hall–Kier alpha value is -2.26. The highest BCUT2D eigenvalue weighted by molar-refractivity contribution is 6.31. The Kier molecular flexibility index (Phi) is 5.01. The van der Waals surface area contributed by atoms with Gasteiger partial charge in [0.25, 0.3) is 0 Å². The molecule has 2 aromatic carbocycles. The number of hydrogen-bond acceptors (Lipinski definition) is 3. The minimum absolute atomic E-state index is 0.111. The minimum atomic E-state index is 0.111. The summed E-state index contributed by atoms with van der Waals surface area (Å²) in [5.41, 5.74) is 2.29. The van der Waals surface area contributed by atoms with E-state index in [2.05, 4.69) is 11.6 Å². The van der Waals surface area contributed by atoms with Crippen molar-refractivity contribution in [2.24, 2.45) is 4.99 Å². The maximum absolute atomic E-state index is 9.97. The summed E-state index contributed by atoms with van der Waals surface area (Å²) >= 11 is 6.05. The van der Waals surface area contributed by atoms with Gasteiger partial charge in [0.05, 0.1) is 5.69 Å². The van der Waals surface area contributed by atoms with Gasteiger partial charge in [0.15, 0.2) is 0 Å². The SMILES string of the molecule is C=CCOc1ccc(C=Nc2cccc(Cl)c2C)c(O)c1. The molecule has 0 saturated carbocycles. The van der Waals surface area contributed by atoms with Gasteiger partial charge >= 0.3 is 0 Å². The van der Waals surface area contributed by atoms with E-state index in [0.29, 0.717) is 22.9 Å². The van der Waals surface area contributed by atoms with Crippen LogP contribution in [0.2, 0.25) is 5.02 Å². The lowest BCUT2D eigenvalue weighted by Gasteiger charge is -2.06. The first-order chi connectivity index (χ1) is 10.1. The Morgan fingerprint density at radius 1 is 1.33 bits per heavy atom. The van der Waals surface area contributed by atoms with E-state index in [1.54, 1.807) is 30.5 Å². The summed E-state index contributed by atoms with van der Waals surface area (Å²) in [7, 11) is 0. The second-order valence-electron chi connectivity index (χ2n) is 4.46. The normalized spacial score (nSPS) is 10.8. The fourth-order valence-electron chi connectivity index (χ4n) is 1.75. The summed E-state index contributed by atoms with van der Waals surface area (Å²) in [4.78, 5) is 4.36. The van der Waals surface area contributed by atoms with E-state index in [1.807, 2.05) is 25.1 Å². The molecule has 108 valence electrons. The van der Waals surface area contributed by atoms with Gasteiger partial charge in [-0.3, -0.25) is 4.99 Å². The maximum atomic E-state index is 9.97. The van der Waals surface area contributed by atoms with Crippen molar-refractivity contribution in [1.29, 1.82) is 0 Å². The number of ether oxygens (including phenoxy) is 1. The molecule has 0 spiro atoms. The second-order valence-corrected chi connectivity index (χ2v) is 4.87. The quantitative estimate of drug-likeness (QED) is 0.644. The van der Waals surface area contributed by atoms with Crippen molar-refractivity contribution < 1.29 is 9.84 Å². The molecule has 0 unspecified atom stereocenters. The van der Waals surface area contributed by atoms with Crippen LogP contribution >= 0.6 is 11.6 Å². The van der Waals surface area contributed by atoms with Crippen molar-refractivity contribution >= 4 is 23.5 Å². The summed E-state index contributed by atoms with van der Waals surface area (Å²) in [6.07, 6.45) is 3.25. The number of phenolic OH excluding ortho intramolecular Hbond substituents is 1. The molecule has 2 rings (SSSR count). The Morgan fingerprint density at radius 3 is 2.86 bits per heavy atom. The van der Waals surface area contributed by atoms with E-state index >= 15 is 0 Å². The average molecular weight is 302 g/mol. The Morgan fingerprint density at radius 2 is 2.14 bits per heavy atom. The zero-order valence-corrected chi connectivity index (χ0v) is 12.5. The van der Waals surface area contributed by atoms with Gasteiger partial charge in [-0.05, 0) is 36.8 Å². The van der Waals surface area contributed by atoms with Crippen molar-refractivity contribution in [3.05, 3.63) is 65.2 Å². The van der Waals surface area contributed by atoms with E-state index < -0.39 is 0 Å². The highest BCUT2D eigenvalue weighted by Crippen LogP contribution is 2.27. The van der Waals surface area contributed by atoms with Crippen LogP contribution in [0.15, 0.2) is 54.0 Å². The lowest BCUT2D eigenvalue weighted by molar-refractivity contribution is 0.360. The van der Waals surface area contributed by atoms with E-state index in [9.17, 15) is 5.11 Å². The van der Waals surface area contributed by atoms with Gasteiger partial charge < -0.3 is 9.84 Å². The van der Waals surface area contributed by atoms with E-state index in [1.165, 1.54) is 0 Å². The molecule has 0 heterocycles. The molecular weight excluding hydrogens is 286 g/mol. The van der Waals surface area contributed by atoms with E-state index in [-0.39, 0.29) is 5.75 Å². The van der Waals surface area contributed by atoms with Crippen LogP contribution in [-0.4, -0.2) is 17.9 Å². The van der Waals surface area contributed by atoms with Gasteiger partial charge in [0.1, 0.15) is 18.1 Å². The summed E-state index contributed by atoms with van der Waals surface area (Å²) in [6, 6.07) is 10.6. The van der Waals surface area contributed by atoms with E-state index in [4.69, 9.17) is 16.3 Å². The van der Waals surface area contributed by atoms with Crippen LogP contribution in [0.4, 0.5) is 5.69 Å². The molecule has 2 aromatic rings. The van der Waals surface area contributed by atoms with Gasteiger partial charge in [-0.15, -0.1) is 0 Å². The third kappa shape index (κ3) is 3.86. The zero-order chi connectivity index (χ0) is 15.2. The first kappa shape index (κ1) is 15.1. The predicted octanol–water partition coefficient (Wildman–Crippen LogP) is 4.67. The van der Waals surface area contributed by atoms with Crippen molar-refractivity contribution in [1.82, 2.24) is 0 Å². The Labute approximate surface area is 129 Å². The molecule has 0 aromatic heterocycles. The molecule has 0 aliphatic carbocycles. The van der Waals surface area contributed by atoms with Crippen LogP contribution in [0, 0.1) is 6.92 Å². The first-order valence-electron chi connectivity index (χ1n) is 6.47. The highest BCUT2D eigenvalue weighted by Gasteiger charge is 2.03. The molecule has 0 fully saturated rings. The Balaban J connectivity index is 2.21. The third-order valence-electron chi connectivity index (χ3n) is 2.95. The summed E-state index contributed by atoms with van der Waals surface area (Å²) < 4.78 is 5.35. The highest BCUT2D eigenvalue weighted by atomic mass is 35.5. The molecule has 0 saturated heterocycles. The molecule has 1 N–H and O–H groups in total. The number of aromatic hydroxyl groups is 1. The summed E-state index contributed by atoms with van der Waals surface area (Å²) in [6.45, 7) is 5.88. The van der Waals surface area contributed by atoms with Gasteiger partial charge in [0, 0.05) is 22.9 Å². The number of halogens is 1. The number of nitrogens with zero attached hydrogens (tertiary/aromatic N) is 1. The molecule has 0 atom stereocenters. The number of hydrogen-bond donors (Lipinski definition) is 1. The van der Waals surface area contributed by atoms with Crippen molar-refractivity contribution in [3.8, 4) is 11.5 Å². The molecule has 0 radical (unpaired) electrons. The molecule has 0 bridgehead atoms. The molecule has 3 nitrogen and oxygen atoms in total. The monoisotopic (exact) mass is 301 g/mol. The lowest BCUT2D eigenvalue weighted by Crippen LogP contribution is -1.93. The standard InChI is InChI=1S/C17H16ClNO2/c1-3-9-21-14-8-7-13(17(20)10-14)11-19-16-6-4-5-15(18)12(16)2/h3-8,10-11,20H,1,9H2,2H3. The topological polar surface area (TPSA) is 41.8 Å². The van der Waals surface area contributed by atoms with Crippen LogP contribution in [-0.2, 0) is 0 Å². The van der Waals surface area contributed by atoms with Crippen LogP contribution in [0.25, 0.3) is 0 Å². The molecule has 0 aliphatic rings. The number of phenols is 1. The summed E-state index contributed by atoms with van der Waals surface area (Å²) in [5.74, 6) is 0.698. The molecule has 0 amide bonds. The molecular formula is C17H16ClNO2. The number of benzene rings is 2. The smallest absolute Gasteiger partial charge is 0.128 e.